The second-order valence-corrected chi connectivity index (χ2v) is 7.45. The molecular weight excluding hydrogens is 513 g/mol. The number of rotatable bonds is 5. The molecule has 13 heteroatoms. The number of halogens is 8. The van der Waals surface area contributed by atoms with Crippen LogP contribution in [0.4, 0.5) is 26.3 Å². The predicted molar refractivity (Wildman–Crippen MR) is 110 cm³/mol. The molecule has 0 aliphatic rings. The molecule has 0 amide bonds. The van der Waals surface area contributed by atoms with Crippen LogP contribution < -0.4 is 4.74 Å². The molecule has 0 aliphatic carbocycles. The number of nitrogens with zero attached hydrogens (tertiary/aromatic N) is 2. The minimum absolute atomic E-state index is 0.0281. The maximum Gasteiger partial charge on any atom is 0.416 e. The van der Waals surface area contributed by atoms with E-state index in [1.54, 1.807) is 0 Å². The van der Waals surface area contributed by atoms with E-state index in [2.05, 4.69) is 9.97 Å². The van der Waals surface area contributed by atoms with Crippen LogP contribution in [0, 0.1) is 0 Å². The molecule has 0 radical (unpaired) electrons. The molecule has 3 rings (SSSR count). The molecule has 1 heterocycles. The summed E-state index contributed by atoms with van der Waals surface area (Å²) in [4.78, 5) is 19.9. The molecule has 0 unspecified atom stereocenters. The fourth-order valence-corrected chi connectivity index (χ4v) is 2.99. The summed E-state index contributed by atoms with van der Waals surface area (Å²) in [6.07, 6.45) is -9.29. The van der Waals surface area contributed by atoms with Crippen LogP contribution in [0.2, 0.25) is 10.0 Å². The molecule has 0 saturated heterocycles. The molecule has 34 heavy (non-hydrogen) atoms. The molecule has 5 nitrogen and oxygen atoms in total. The van der Waals surface area contributed by atoms with Crippen LogP contribution >= 0.6 is 23.2 Å². The van der Waals surface area contributed by atoms with Gasteiger partial charge in [-0.25, -0.2) is 9.78 Å². The summed E-state index contributed by atoms with van der Waals surface area (Å²) in [6, 6.07) is 4.95. The molecule has 1 aromatic heterocycles. The highest BCUT2D eigenvalue weighted by Gasteiger charge is 2.37. The molecule has 2 aromatic carbocycles. The Bertz CT molecular complexity index is 1200. The van der Waals surface area contributed by atoms with E-state index in [1.165, 1.54) is 25.1 Å². The topological polar surface area (TPSA) is 61.3 Å². The Morgan fingerprint density at radius 2 is 1.59 bits per heavy atom. The highest BCUT2D eigenvalue weighted by molar-refractivity contribution is 6.34. The largest absolute Gasteiger partial charge is 0.462 e. The van der Waals surface area contributed by atoms with Gasteiger partial charge in [0.1, 0.15) is 11.3 Å². The molecule has 3 aromatic rings. The average Bonchev–Trinajstić information content (AvgIpc) is 2.75. The number of aromatic nitrogens is 2. The van der Waals surface area contributed by atoms with Crippen molar-refractivity contribution in [2.24, 2.45) is 0 Å². The molecule has 0 saturated carbocycles. The second-order valence-electron chi connectivity index (χ2n) is 6.60. The summed E-state index contributed by atoms with van der Waals surface area (Å²) in [5.41, 5.74) is -4.07. The van der Waals surface area contributed by atoms with E-state index in [0.717, 1.165) is 6.20 Å². The van der Waals surface area contributed by atoms with Crippen molar-refractivity contribution in [3.05, 3.63) is 69.3 Å². The predicted octanol–water partition coefficient (Wildman–Crippen LogP) is 7.46. The summed E-state index contributed by atoms with van der Waals surface area (Å²) in [5.74, 6) is -2.11. The first-order valence-corrected chi connectivity index (χ1v) is 10.0. The monoisotopic (exact) mass is 524 g/mol. The maximum atomic E-state index is 13.2. The third kappa shape index (κ3) is 5.89. The molecule has 0 N–H and O–H groups in total. The summed E-state index contributed by atoms with van der Waals surface area (Å²) >= 11 is 12.0. The van der Waals surface area contributed by atoms with Gasteiger partial charge >= 0.3 is 18.3 Å². The van der Waals surface area contributed by atoms with Crippen LogP contribution in [-0.2, 0) is 17.1 Å². The molecule has 0 atom stereocenters. The number of hydrogen-bond donors (Lipinski definition) is 0. The first kappa shape index (κ1) is 25.6. The fourth-order valence-electron chi connectivity index (χ4n) is 2.68. The zero-order valence-electron chi connectivity index (χ0n) is 16.9. The van der Waals surface area contributed by atoms with Crippen molar-refractivity contribution in [3.8, 4) is 23.0 Å². The van der Waals surface area contributed by atoms with Gasteiger partial charge < -0.3 is 9.47 Å². The minimum Gasteiger partial charge on any atom is -0.462 e. The molecule has 0 spiro atoms. The molecular formula is C21H12Cl2F6N2O3. The van der Waals surface area contributed by atoms with Crippen molar-refractivity contribution in [3.63, 3.8) is 0 Å². The Morgan fingerprint density at radius 3 is 2.15 bits per heavy atom. The third-order valence-corrected chi connectivity index (χ3v) is 4.74. The zero-order chi connectivity index (χ0) is 25.3. The highest BCUT2D eigenvalue weighted by Crippen LogP contribution is 2.39. The lowest BCUT2D eigenvalue weighted by atomic mass is 10.0. The maximum absolute atomic E-state index is 13.2. The molecule has 180 valence electrons. The van der Waals surface area contributed by atoms with Gasteiger partial charge in [0.25, 0.3) is 0 Å². The Hall–Kier alpha value is -3.05. The second kappa shape index (κ2) is 9.67. The Labute approximate surface area is 198 Å². The van der Waals surface area contributed by atoms with E-state index in [1.807, 2.05) is 0 Å². The van der Waals surface area contributed by atoms with E-state index < -0.39 is 46.7 Å². The van der Waals surface area contributed by atoms with Crippen LogP contribution in [0.1, 0.15) is 28.4 Å². The van der Waals surface area contributed by atoms with Crippen LogP contribution in [0.5, 0.6) is 11.6 Å². The minimum atomic E-state index is -5.07. The first-order chi connectivity index (χ1) is 15.8. The molecule has 0 aliphatic heterocycles. The Balaban J connectivity index is 2.19. The lowest BCUT2D eigenvalue weighted by Crippen LogP contribution is -2.12. The third-order valence-electron chi connectivity index (χ3n) is 4.19. The molecule has 0 fully saturated rings. The number of alkyl halides is 6. The van der Waals surface area contributed by atoms with E-state index in [4.69, 9.17) is 32.7 Å². The van der Waals surface area contributed by atoms with Crippen molar-refractivity contribution in [2.75, 3.05) is 6.61 Å². The van der Waals surface area contributed by atoms with Gasteiger partial charge in [0.2, 0.25) is 5.88 Å². The van der Waals surface area contributed by atoms with Gasteiger partial charge in [0, 0.05) is 22.8 Å². The Kier molecular flexibility index (Phi) is 7.27. The van der Waals surface area contributed by atoms with Crippen LogP contribution in [0.25, 0.3) is 11.4 Å². The molecule has 0 bridgehead atoms. The van der Waals surface area contributed by atoms with E-state index in [9.17, 15) is 31.1 Å². The van der Waals surface area contributed by atoms with E-state index in [-0.39, 0.29) is 34.0 Å². The summed E-state index contributed by atoms with van der Waals surface area (Å²) < 4.78 is 89.8. The summed E-state index contributed by atoms with van der Waals surface area (Å²) in [6.45, 7) is 1.48. The van der Waals surface area contributed by atoms with Gasteiger partial charge in [0.15, 0.2) is 5.82 Å². The average molecular weight is 525 g/mol. The number of carbonyl (C=O) groups is 1. The summed E-state index contributed by atoms with van der Waals surface area (Å²) in [5, 5.41) is 0.233. The summed E-state index contributed by atoms with van der Waals surface area (Å²) in [7, 11) is 0. The van der Waals surface area contributed by atoms with Gasteiger partial charge in [0.05, 0.1) is 22.8 Å². The van der Waals surface area contributed by atoms with Gasteiger partial charge in [-0.1, -0.05) is 23.2 Å². The number of ether oxygens (including phenoxy) is 2. The van der Waals surface area contributed by atoms with Crippen molar-refractivity contribution in [1.29, 1.82) is 0 Å². The van der Waals surface area contributed by atoms with E-state index in [0.29, 0.717) is 12.1 Å². The van der Waals surface area contributed by atoms with Crippen molar-refractivity contribution in [2.45, 2.75) is 19.3 Å². The van der Waals surface area contributed by atoms with Crippen LogP contribution in [0.3, 0.4) is 0 Å². The van der Waals surface area contributed by atoms with Gasteiger partial charge in [-0.3, -0.25) is 0 Å². The zero-order valence-corrected chi connectivity index (χ0v) is 18.4. The smallest absolute Gasteiger partial charge is 0.416 e. The van der Waals surface area contributed by atoms with Crippen LogP contribution in [0.15, 0.2) is 42.6 Å². The fraction of sp³-hybridized carbons (Fsp3) is 0.190. The Morgan fingerprint density at radius 1 is 0.971 bits per heavy atom. The lowest BCUT2D eigenvalue weighted by molar-refractivity contribution is -0.143. The lowest BCUT2D eigenvalue weighted by Gasteiger charge is -2.15. The van der Waals surface area contributed by atoms with Crippen molar-refractivity contribution >= 4 is 29.2 Å². The SMILES string of the molecule is CCOC(=O)c1cnc(-c2cc(C(F)(F)F)cc(C(F)(F)F)c2)nc1Oc1cc(Cl)ccc1Cl. The highest BCUT2D eigenvalue weighted by atomic mass is 35.5. The number of hydrogen-bond acceptors (Lipinski definition) is 5. The van der Waals surface area contributed by atoms with Gasteiger partial charge in [-0.15, -0.1) is 0 Å². The number of benzene rings is 2. The van der Waals surface area contributed by atoms with E-state index >= 15 is 0 Å². The standard InChI is InChI=1S/C21H12Cl2F6N2O3/c1-2-33-19(32)14-9-30-17(31-18(14)34-16-8-13(22)3-4-15(16)23)10-5-11(20(24,25)26)7-12(6-10)21(27,28)29/h3-9H,2H2,1H3. The van der Waals surface area contributed by atoms with Gasteiger partial charge in [-0.2, -0.15) is 31.3 Å². The van der Waals surface area contributed by atoms with Crippen molar-refractivity contribution in [1.82, 2.24) is 9.97 Å². The van der Waals surface area contributed by atoms with Gasteiger partial charge in [-0.05, 0) is 37.3 Å². The number of carbonyl (C=O) groups excluding carboxylic acids is 1. The number of esters is 1. The first-order valence-electron chi connectivity index (χ1n) is 9.26. The quantitative estimate of drug-likeness (QED) is 0.256. The van der Waals surface area contributed by atoms with Crippen LogP contribution in [-0.4, -0.2) is 22.5 Å². The van der Waals surface area contributed by atoms with Crippen molar-refractivity contribution < 1.29 is 40.6 Å². The normalized spacial score (nSPS) is 11.9.